The van der Waals surface area contributed by atoms with Gasteiger partial charge >= 0.3 is 40.8 Å². The molecule has 0 aromatic carbocycles. The van der Waals surface area contributed by atoms with Gasteiger partial charge < -0.3 is 9.73 Å². The summed E-state index contributed by atoms with van der Waals surface area (Å²) in [5.74, 6) is 0. The minimum atomic E-state index is 0.0972. The Bertz CT molecular complexity index is 173. The molecule has 2 aliphatic rings. The molecular weight excluding hydrogens is 380 g/mol. The first kappa shape index (κ1) is 11.2. The number of aliphatic imine (C=N–C) groups is 1. The number of halogens is 2. The van der Waals surface area contributed by atoms with Gasteiger partial charge in [0.25, 0.3) is 0 Å². The molecule has 0 unspecified atom stereocenters. The molecule has 12 heavy (non-hydrogen) atoms. The first-order chi connectivity index (χ1) is 5.75. The molecule has 0 aromatic heterocycles. The van der Waals surface area contributed by atoms with Crippen molar-refractivity contribution in [2.75, 3.05) is 0 Å². The van der Waals surface area contributed by atoms with Gasteiger partial charge in [-0.25, -0.2) is 6.40 Å². The molecule has 0 bridgehead atoms. The zero-order chi connectivity index (χ0) is 9.03. The fourth-order valence-corrected chi connectivity index (χ4v) is 1.44. The van der Waals surface area contributed by atoms with Crippen molar-refractivity contribution in [1.82, 2.24) is 0 Å². The van der Waals surface area contributed by atoms with Crippen LogP contribution in [0.4, 0.5) is 0 Å². The molecule has 1 fully saturated rings. The predicted molar refractivity (Wildman–Crippen MR) is 52.4 cm³/mol. The summed E-state index contributed by atoms with van der Waals surface area (Å²) in [5.41, 5.74) is 0.0972. The number of hydrogen-bond acceptors (Lipinski definition) is 2. The van der Waals surface area contributed by atoms with Gasteiger partial charge in [0.15, 0.2) is 0 Å². The Balaban J connectivity index is 0.000000213. The molecule has 1 atom stereocenters. The third kappa shape index (κ3) is 2.31. The van der Waals surface area contributed by atoms with Crippen LogP contribution in [0.25, 0.3) is 0 Å². The van der Waals surface area contributed by atoms with Gasteiger partial charge in [0.05, 0.1) is 5.60 Å². The fraction of sp³-hybridized carbons (Fsp3) is 0.857. The summed E-state index contributed by atoms with van der Waals surface area (Å²) in [6.45, 7) is 2.10. The summed E-state index contributed by atoms with van der Waals surface area (Å²) in [4.78, 5) is 4.04. The van der Waals surface area contributed by atoms with Crippen LogP contribution in [-0.2, 0) is 18.7 Å². The van der Waals surface area contributed by atoms with Gasteiger partial charge in [-0.15, -0.1) is 0 Å². The van der Waals surface area contributed by atoms with Crippen LogP contribution in [-0.4, -0.2) is 18.0 Å². The van der Waals surface area contributed by atoms with E-state index in [-0.39, 0.29) is 5.60 Å². The van der Waals surface area contributed by atoms with Crippen molar-refractivity contribution >= 4 is 33.3 Å². The third-order valence-corrected chi connectivity index (χ3v) is 2.46. The standard InChI is InChI=1S/C7H10NO.2BrH.Pd/c1-6-7(3-2-4-7)9-5-8-6;;;/h6H,2-4H2,1H3;2*1H;/q-1;;;+2/p-2/t6-;;;/m0.../s1. The van der Waals surface area contributed by atoms with E-state index in [9.17, 15) is 0 Å². The topological polar surface area (TPSA) is 21.6 Å². The molecule has 0 N–H and O–H groups in total. The van der Waals surface area contributed by atoms with Crippen molar-refractivity contribution in [1.29, 1.82) is 0 Å². The van der Waals surface area contributed by atoms with E-state index >= 15 is 0 Å². The molecule has 1 heterocycles. The second-order valence-electron chi connectivity index (χ2n) is 2.96. The molecule has 1 saturated carbocycles. The molecule has 0 radical (unpaired) electrons. The van der Waals surface area contributed by atoms with Crippen LogP contribution < -0.4 is 0 Å². The molecule has 5 heteroatoms. The van der Waals surface area contributed by atoms with Gasteiger partial charge in [-0.05, 0) is 26.2 Å². The molecule has 2 rings (SSSR count). The van der Waals surface area contributed by atoms with Crippen LogP contribution in [0, 0.1) is 0 Å². The number of rotatable bonds is 0. The summed E-state index contributed by atoms with van der Waals surface area (Å²) in [6, 6.07) is 0.353. The molecule has 2 nitrogen and oxygen atoms in total. The Morgan fingerprint density at radius 2 is 2.17 bits per heavy atom. The monoisotopic (exact) mass is 388 g/mol. The van der Waals surface area contributed by atoms with Gasteiger partial charge in [0, 0.05) is 6.04 Å². The number of ether oxygens (including phenoxy) is 1. The van der Waals surface area contributed by atoms with E-state index in [0.717, 1.165) is 0 Å². The average Bonchev–Trinajstić information content (AvgIpc) is 2.31. The Labute approximate surface area is 94.1 Å². The van der Waals surface area contributed by atoms with Crippen LogP contribution in [0.2, 0.25) is 0 Å². The van der Waals surface area contributed by atoms with Crippen LogP contribution in [0.15, 0.2) is 4.99 Å². The summed E-state index contributed by atoms with van der Waals surface area (Å²) < 4.78 is 5.27. The van der Waals surface area contributed by atoms with Gasteiger partial charge in [0.1, 0.15) is 0 Å². The quantitative estimate of drug-likeness (QED) is 0.461. The summed E-state index contributed by atoms with van der Waals surface area (Å²) in [7, 11) is 0. The zero-order valence-corrected chi connectivity index (χ0v) is 11.4. The Hall–Kier alpha value is 1.09. The van der Waals surface area contributed by atoms with E-state index in [1.54, 1.807) is 0 Å². The van der Waals surface area contributed by atoms with Crippen molar-refractivity contribution < 1.29 is 18.7 Å². The van der Waals surface area contributed by atoms with Crippen molar-refractivity contribution in [3.8, 4) is 0 Å². The Kier molecular flexibility index (Phi) is 4.74. The molecular formula is C7H10Br2NOPd-. The molecule has 1 aliphatic heterocycles. The van der Waals surface area contributed by atoms with Crippen LogP contribution in [0.3, 0.4) is 0 Å². The Morgan fingerprint density at radius 1 is 1.58 bits per heavy atom. The van der Waals surface area contributed by atoms with Crippen LogP contribution >= 0.6 is 26.9 Å². The predicted octanol–water partition coefficient (Wildman–Crippen LogP) is 2.92. The van der Waals surface area contributed by atoms with E-state index in [2.05, 4.69) is 45.2 Å². The molecule has 1 spiro atoms. The second kappa shape index (κ2) is 5.09. The second-order valence-corrected chi connectivity index (χ2v) is 10.1. The SMILES string of the molecule is C[C@@H]1N=[C-]OC12CCC2.[Br][Pd][Br]. The maximum atomic E-state index is 5.27. The summed E-state index contributed by atoms with van der Waals surface area (Å²) in [6.07, 6.45) is 6.23. The van der Waals surface area contributed by atoms with Gasteiger partial charge in [-0.2, -0.15) is 0 Å². The van der Waals surface area contributed by atoms with E-state index < -0.39 is 0 Å². The Morgan fingerprint density at radius 3 is 2.33 bits per heavy atom. The fourth-order valence-electron chi connectivity index (χ4n) is 1.44. The van der Waals surface area contributed by atoms with E-state index in [4.69, 9.17) is 4.74 Å². The van der Waals surface area contributed by atoms with Crippen molar-refractivity contribution in [3.05, 3.63) is 0 Å². The van der Waals surface area contributed by atoms with E-state index in [1.165, 1.54) is 19.3 Å². The minimum absolute atomic E-state index is 0.0972. The number of hydrogen-bond donors (Lipinski definition) is 0. The molecule has 0 aromatic rings. The third-order valence-electron chi connectivity index (χ3n) is 2.46. The van der Waals surface area contributed by atoms with Gasteiger partial charge in [-0.3, -0.25) is 0 Å². The van der Waals surface area contributed by atoms with Gasteiger partial charge in [-0.1, -0.05) is 0 Å². The number of nitrogens with zero attached hydrogens (tertiary/aromatic N) is 1. The summed E-state index contributed by atoms with van der Waals surface area (Å²) in [5, 5.41) is 0. The van der Waals surface area contributed by atoms with Crippen LogP contribution in [0.1, 0.15) is 26.2 Å². The first-order valence-electron chi connectivity index (χ1n) is 3.70. The van der Waals surface area contributed by atoms with Crippen molar-refractivity contribution in [2.45, 2.75) is 37.8 Å². The van der Waals surface area contributed by atoms with E-state index in [0.29, 0.717) is 20.0 Å². The van der Waals surface area contributed by atoms with Crippen molar-refractivity contribution in [3.63, 3.8) is 0 Å². The maximum absolute atomic E-state index is 5.27. The average molecular weight is 390 g/mol. The normalized spacial score (nSPS) is 29.1. The summed E-state index contributed by atoms with van der Waals surface area (Å²) >= 11 is 6.80. The zero-order valence-electron chi connectivity index (χ0n) is 6.63. The molecule has 1 aliphatic carbocycles. The molecule has 74 valence electrons. The van der Waals surface area contributed by atoms with E-state index in [1.807, 2.05) is 0 Å². The molecule has 0 saturated heterocycles. The van der Waals surface area contributed by atoms with Crippen LogP contribution in [0.5, 0.6) is 0 Å². The molecule has 0 amide bonds. The first-order valence-corrected chi connectivity index (χ1v) is 10.8. The van der Waals surface area contributed by atoms with Gasteiger partial charge in [0.2, 0.25) is 0 Å². The van der Waals surface area contributed by atoms with Crippen molar-refractivity contribution in [2.24, 2.45) is 4.99 Å².